The van der Waals surface area contributed by atoms with Gasteiger partial charge in [0, 0.05) is 0 Å². The molecule has 0 aromatic heterocycles. The number of halogens is 2. The van der Waals surface area contributed by atoms with Crippen molar-refractivity contribution in [2.24, 2.45) is 0 Å². The molecule has 0 N–H and O–H groups in total. The molecule has 1 nitrogen and oxygen atoms in total. The number of methoxy groups -OCH3 is 1. The Morgan fingerprint density at radius 2 is 1.83 bits per heavy atom. The van der Waals surface area contributed by atoms with E-state index in [9.17, 15) is 7.77 Å². The SMILES string of the molecule is COc1ccc(SF)c(SF)c1. The lowest BCUT2D eigenvalue weighted by Crippen LogP contribution is -1.83. The molecule has 0 aliphatic carbocycles. The second kappa shape index (κ2) is 4.57. The topological polar surface area (TPSA) is 9.23 Å². The molecule has 1 aromatic carbocycles. The average molecular weight is 208 g/mol. The lowest BCUT2D eigenvalue weighted by Gasteiger charge is -2.02. The minimum absolute atomic E-state index is 0.00870. The summed E-state index contributed by atoms with van der Waals surface area (Å²) in [6, 6.07) is 4.51. The van der Waals surface area contributed by atoms with Crippen LogP contribution in [-0.4, -0.2) is 7.11 Å². The largest absolute Gasteiger partial charge is 0.497 e. The van der Waals surface area contributed by atoms with Crippen LogP contribution < -0.4 is 4.74 Å². The molecule has 0 amide bonds. The van der Waals surface area contributed by atoms with E-state index >= 15 is 0 Å². The fourth-order valence-electron chi connectivity index (χ4n) is 0.739. The molecule has 0 aliphatic heterocycles. The van der Waals surface area contributed by atoms with Gasteiger partial charge in [-0.25, -0.2) is 0 Å². The summed E-state index contributed by atoms with van der Waals surface area (Å²) < 4.78 is 29.1. The van der Waals surface area contributed by atoms with Crippen LogP contribution in [0.4, 0.5) is 7.77 Å². The van der Waals surface area contributed by atoms with Gasteiger partial charge >= 0.3 is 0 Å². The Bertz CT molecular complexity index is 268. The first kappa shape index (κ1) is 9.67. The summed E-state index contributed by atoms with van der Waals surface area (Å²) in [5.41, 5.74) is 0. The van der Waals surface area contributed by atoms with Crippen LogP contribution in [0.5, 0.6) is 5.75 Å². The van der Waals surface area contributed by atoms with Gasteiger partial charge in [0.1, 0.15) is 5.75 Å². The maximum atomic E-state index is 12.2. The highest BCUT2D eigenvalue weighted by molar-refractivity contribution is 7.97. The summed E-state index contributed by atoms with van der Waals surface area (Å²) in [5.74, 6) is 0.521. The summed E-state index contributed by atoms with van der Waals surface area (Å²) in [6.45, 7) is 0. The second-order valence-corrected chi connectivity index (χ2v) is 3.16. The van der Waals surface area contributed by atoms with Crippen molar-refractivity contribution >= 4 is 24.3 Å². The van der Waals surface area contributed by atoms with E-state index in [0.29, 0.717) is 5.75 Å². The molecule has 0 bridgehead atoms. The zero-order chi connectivity index (χ0) is 8.97. The zero-order valence-electron chi connectivity index (χ0n) is 6.21. The van der Waals surface area contributed by atoms with Crippen molar-refractivity contribution in [1.29, 1.82) is 0 Å². The maximum absolute atomic E-state index is 12.2. The number of ether oxygens (including phenoxy) is 1. The Morgan fingerprint density at radius 1 is 1.17 bits per heavy atom. The molecule has 0 atom stereocenters. The smallest absolute Gasteiger partial charge is 0.120 e. The monoisotopic (exact) mass is 208 g/mol. The van der Waals surface area contributed by atoms with E-state index in [0.717, 1.165) is 0 Å². The molecule has 12 heavy (non-hydrogen) atoms. The summed E-state index contributed by atoms with van der Waals surface area (Å²) in [5, 5.41) is 0. The Morgan fingerprint density at radius 3 is 2.33 bits per heavy atom. The Kier molecular flexibility index (Phi) is 3.68. The lowest BCUT2D eigenvalue weighted by molar-refractivity contribution is 0.413. The molecule has 0 aliphatic rings. The van der Waals surface area contributed by atoms with Crippen LogP contribution in [-0.2, 0) is 0 Å². The highest BCUT2D eigenvalue weighted by Crippen LogP contribution is 2.34. The molecule has 0 unspecified atom stereocenters. The summed E-state index contributed by atoms with van der Waals surface area (Å²) in [6.07, 6.45) is 0. The first-order valence-corrected chi connectivity index (χ1v) is 4.50. The number of hydrogen-bond donors (Lipinski definition) is 0. The van der Waals surface area contributed by atoms with Crippen LogP contribution >= 0.6 is 24.3 Å². The standard InChI is InChI=1S/C7H6F2OS2/c1-10-5-2-3-6(11-8)7(4-5)12-9/h2-4H,1H3. The molecular weight excluding hydrogens is 202 g/mol. The molecule has 0 spiro atoms. The van der Waals surface area contributed by atoms with Gasteiger partial charge in [-0.2, -0.15) is 7.77 Å². The Hall–Kier alpha value is -0.420. The van der Waals surface area contributed by atoms with Gasteiger partial charge in [0.15, 0.2) is 0 Å². The molecule has 0 heterocycles. The van der Waals surface area contributed by atoms with E-state index < -0.39 is 0 Å². The van der Waals surface area contributed by atoms with Crippen molar-refractivity contribution in [3.05, 3.63) is 18.2 Å². The van der Waals surface area contributed by atoms with Crippen LogP contribution in [0.3, 0.4) is 0 Å². The van der Waals surface area contributed by atoms with Crippen molar-refractivity contribution in [1.82, 2.24) is 0 Å². The van der Waals surface area contributed by atoms with Crippen LogP contribution in [0.25, 0.3) is 0 Å². The average Bonchev–Trinajstić information content (AvgIpc) is 2.16. The van der Waals surface area contributed by atoms with Gasteiger partial charge in [-0.1, -0.05) is 0 Å². The van der Waals surface area contributed by atoms with E-state index in [4.69, 9.17) is 4.74 Å². The van der Waals surface area contributed by atoms with Crippen molar-refractivity contribution in [3.8, 4) is 5.75 Å². The lowest BCUT2D eigenvalue weighted by atomic mass is 10.3. The molecule has 0 fully saturated rings. The van der Waals surface area contributed by atoms with Crippen LogP contribution in [0, 0.1) is 0 Å². The zero-order valence-corrected chi connectivity index (χ0v) is 7.85. The number of rotatable bonds is 3. The molecule has 5 heteroatoms. The third kappa shape index (κ3) is 2.04. The highest BCUT2D eigenvalue weighted by atomic mass is 32.2. The minimum atomic E-state index is 0.00870. The normalized spacial score (nSPS) is 9.92. The van der Waals surface area contributed by atoms with E-state index in [1.807, 2.05) is 0 Å². The first-order valence-electron chi connectivity index (χ1n) is 3.07. The molecule has 66 valence electrons. The second-order valence-electron chi connectivity index (χ2n) is 1.97. The molecule has 0 radical (unpaired) electrons. The summed E-state index contributed by atoms with van der Waals surface area (Å²) >= 11 is 0.0315. The fourth-order valence-corrected chi connectivity index (χ4v) is 1.49. The van der Waals surface area contributed by atoms with E-state index in [-0.39, 0.29) is 34.1 Å². The van der Waals surface area contributed by atoms with E-state index in [1.165, 1.54) is 19.2 Å². The van der Waals surface area contributed by atoms with E-state index in [1.54, 1.807) is 6.07 Å². The van der Waals surface area contributed by atoms with Gasteiger partial charge in [-0.15, -0.1) is 0 Å². The first-order chi connectivity index (χ1) is 5.81. The van der Waals surface area contributed by atoms with Gasteiger partial charge < -0.3 is 4.74 Å². The predicted octanol–water partition coefficient (Wildman–Crippen LogP) is 3.65. The van der Waals surface area contributed by atoms with Gasteiger partial charge in [0.25, 0.3) is 0 Å². The van der Waals surface area contributed by atoms with Crippen LogP contribution in [0.2, 0.25) is 0 Å². The third-order valence-corrected chi connectivity index (χ3v) is 2.47. The van der Waals surface area contributed by atoms with Crippen LogP contribution in [0.15, 0.2) is 28.0 Å². The van der Waals surface area contributed by atoms with Gasteiger partial charge in [0.05, 0.1) is 41.2 Å². The van der Waals surface area contributed by atoms with Crippen molar-refractivity contribution in [2.45, 2.75) is 9.79 Å². The molecular formula is C7H6F2OS2. The predicted molar refractivity (Wildman–Crippen MR) is 46.9 cm³/mol. The third-order valence-electron chi connectivity index (χ3n) is 1.32. The number of benzene rings is 1. The van der Waals surface area contributed by atoms with Crippen LogP contribution in [0.1, 0.15) is 0 Å². The molecule has 0 saturated heterocycles. The maximum Gasteiger partial charge on any atom is 0.120 e. The van der Waals surface area contributed by atoms with Crippen molar-refractivity contribution < 1.29 is 12.5 Å². The molecule has 0 saturated carbocycles. The number of hydrogen-bond acceptors (Lipinski definition) is 3. The Balaban J connectivity index is 3.02. The Labute approximate surface area is 78.1 Å². The van der Waals surface area contributed by atoms with Gasteiger partial charge in [-0.05, 0) is 18.2 Å². The van der Waals surface area contributed by atoms with Crippen molar-refractivity contribution in [2.75, 3.05) is 7.11 Å². The fraction of sp³-hybridized carbons (Fsp3) is 0.143. The summed E-state index contributed by atoms with van der Waals surface area (Å²) in [4.78, 5) is 0.505. The summed E-state index contributed by atoms with van der Waals surface area (Å²) in [7, 11) is 1.48. The molecule has 1 rings (SSSR count). The quantitative estimate of drug-likeness (QED) is 0.750. The van der Waals surface area contributed by atoms with Gasteiger partial charge in [-0.3, -0.25) is 0 Å². The van der Waals surface area contributed by atoms with Gasteiger partial charge in [0.2, 0.25) is 0 Å². The molecule has 1 aromatic rings. The van der Waals surface area contributed by atoms with E-state index in [2.05, 4.69) is 0 Å². The van der Waals surface area contributed by atoms with Crippen molar-refractivity contribution in [3.63, 3.8) is 0 Å². The minimum Gasteiger partial charge on any atom is -0.497 e. The highest BCUT2D eigenvalue weighted by Gasteiger charge is 2.05.